The minimum absolute atomic E-state index is 0.0372. The number of morpholine rings is 1. The Bertz CT molecular complexity index is 511. The smallest absolute Gasteiger partial charge is 0.193 e. The monoisotopic (exact) mass is 306 g/mol. The number of guanidine groups is 1. The number of benzene rings is 1. The van der Waals surface area contributed by atoms with Crippen molar-refractivity contribution in [1.29, 1.82) is 0 Å². The van der Waals surface area contributed by atoms with Gasteiger partial charge < -0.3 is 20.5 Å². The van der Waals surface area contributed by atoms with E-state index in [1.165, 1.54) is 0 Å². The van der Waals surface area contributed by atoms with Crippen LogP contribution in [0.4, 0.5) is 5.69 Å². The highest BCUT2D eigenvalue weighted by Gasteiger charge is 2.27. The van der Waals surface area contributed by atoms with Crippen molar-refractivity contribution in [3.63, 3.8) is 0 Å². The molecule has 0 atom stereocenters. The van der Waals surface area contributed by atoms with Gasteiger partial charge in [0.05, 0.1) is 26.9 Å². The molecule has 1 heterocycles. The summed E-state index contributed by atoms with van der Waals surface area (Å²) in [5.74, 6) is 1.20. The molecule has 1 saturated heterocycles. The van der Waals surface area contributed by atoms with Crippen LogP contribution in [0.3, 0.4) is 0 Å². The van der Waals surface area contributed by atoms with Gasteiger partial charge in [-0.3, -0.25) is 9.89 Å². The maximum absolute atomic E-state index is 5.99. The number of ether oxygens (including phenoxy) is 2. The predicted octanol–water partition coefficient (Wildman–Crippen LogP) is 1.53. The normalized spacial score (nSPS) is 17.3. The summed E-state index contributed by atoms with van der Waals surface area (Å²) in [6.45, 7) is 8.43. The molecule has 22 heavy (non-hydrogen) atoms. The molecule has 1 aliphatic rings. The van der Waals surface area contributed by atoms with E-state index >= 15 is 0 Å². The summed E-state index contributed by atoms with van der Waals surface area (Å²) in [5, 5.41) is 3.10. The largest absolute Gasteiger partial charge is 0.497 e. The van der Waals surface area contributed by atoms with E-state index < -0.39 is 0 Å². The van der Waals surface area contributed by atoms with Gasteiger partial charge in [-0.2, -0.15) is 0 Å². The fraction of sp³-hybridized carbons (Fsp3) is 0.562. The second-order valence-electron chi connectivity index (χ2n) is 5.97. The van der Waals surface area contributed by atoms with Gasteiger partial charge in [-0.15, -0.1) is 0 Å². The van der Waals surface area contributed by atoms with Gasteiger partial charge in [0.1, 0.15) is 5.75 Å². The van der Waals surface area contributed by atoms with Gasteiger partial charge in [-0.25, -0.2) is 0 Å². The van der Waals surface area contributed by atoms with Crippen LogP contribution in [0.2, 0.25) is 0 Å². The van der Waals surface area contributed by atoms with E-state index in [0.29, 0.717) is 12.5 Å². The SMILES string of the molecule is COc1cccc(NC(N)=NCC(C)(C)N2CCOCC2)c1. The highest BCUT2D eigenvalue weighted by Crippen LogP contribution is 2.18. The molecule has 1 fully saturated rings. The number of hydrogen-bond acceptors (Lipinski definition) is 4. The number of nitrogens with one attached hydrogen (secondary N) is 1. The van der Waals surface area contributed by atoms with Crippen molar-refractivity contribution in [2.24, 2.45) is 10.7 Å². The molecule has 122 valence electrons. The maximum Gasteiger partial charge on any atom is 0.193 e. The van der Waals surface area contributed by atoms with Gasteiger partial charge in [0.25, 0.3) is 0 Å². The number of aliphatic imine (C=N–C) groups is 1. The number of anilines is 1. The summed E-state index contributed by atoms with van der Waals surface area (Å²) < 4.78 is 10.6. The lowest BCUT2D eigenvalue weighted by molar-refractivity contribution is -0.00680. The minimum Gasteiger partial charge on any atom is -0.497 e. The van der Waals surface area contributed by atoms with Crippen LogP contribution in [0.25, 0.3) is 0 Å². The Labute approximate surface area is 132 Å². The lowest BCUT2D eigenvalue weighted by atomic mass is 10.0. The Balaban J connectivity index is 1.93. The van der Waals surface area contributed by atoms with Gasteiger partial charge in [-0.05, 0) is 26.0 Å². The highest BCUT2D eigenvalue weighted by atomic mass is 16.5. The maximum atomic E-state index is 5.99. The van der Waals surface area contributed by atoms with Crippen LogP contribution in [-0.4, -0.2) is 56.4 Å². The van der Waals surface area contributed by atoms with E-state index in [2.05, 4.69) is 29.1 Å². The molecule has 1 aromatic rings. The first-order chi connectivity index (χ1) is 10.5. The van der Waals surface area contributed by atoms with E-state index in [4.69, 9.17) is 15.2 Å². The molecule has 6 heteroatoms. The first-order valence-electron chi connectivity index (χ1n) is 7.55. The second kappa shape index (κ2) is 7.47. The summed E-state index contributed by atoms with van der Waals surface area (Å²) in [5.41, 5.74) is 6.82. The minimum atomic E-state index is -0.0372. The molecule has 0 amide bonds. The topological polar surface area (TPSA) is 72.1 Å². The van der Waals surface area contributed by atoms with Gasteiger partial charge in [0, 0.05) is 30.4 Å². The number of rotatable bonds is 5. The fourth-order valence-corrected chi connectivity index (χ4v) is 2.44. The first kappa shape index (κ1) is 16.6. The molecule has 0 spiro atoms. The van der Waals surface area contributed by atoms with Gasteiger partial charge in [0.15, 0.2) is 5.96 Å². The van der Waals surface area contributed by atoms with Crippen LogP contribution in [0, 0.1) is 0 Å². The molecule has 0 bridgehead atoms. The van der Waals surface area contributed by atoms with Crippen molar-refractivity contribution < 1.29 is 9.47 Å². The number of nitrogens with two attached hydrogens (primary N) is 1. The van der Waals surface area contributed by atoms with E-state index in [-0.39, 0.29) is 5.54 Å². The number of methoxy groups -OCH3 is 1. The molecular formula is C16H26N4O2. The standard InChI is InChI=1S/C16H26N4O2/c1-16(2,20-7-9-22-10-8-20)12-18-15(17)19-13-5-4-6-14(11-13)21-3/h4-6,11H,7-10,12H2,1-3H3,(H3,17,18,19). The van der Waals surface area contributed by atoms with Crippen molar-refractivity contribution >= 4 is 11.6 Å². The van der Waals surface area contributed by atoms with E-state index in [0.717, 1.165) is 37.7 Å². The molecule has 0 radical (unpaired) electrons. The van der Waals surface area contributed by atoms with Gasteiger partial charge >= 0.3 is 0 Å². The highest BCUT2D eigenvalue weighted by molar-refractivity contribution is 5.92. The van der Waals surface area contributed by atoms with Crippen LogP contribution < -0.4 is 15.8 Å². The summed E-state index contributed by atoms with van der Waals surface area (Å²) in [4.78, 5) is 6.87. The average molecular weight is 306 g/mol. The first-order valence-corrected chi connectivity index (χ1v) is 7.55. The second-order valence-corrected chi connectivity index (χ2v) is 5.97. The Morgan fingerprint density at radius 1 is 1.41 bits per heavy atom. The van der Waals surface area contributed by atoms with Crippen molar-refractivity contribution in [3.05, 3.63) is 24.3 Å². The van der Waals surface area contributed by atoms with Crippen LogP contribution in [-0.2, 0) is 4.74 Å². The van der Waals surface area contributed by atoms with E-state index in [1.807, 2.05) is 24.3 Å². The van der Waals surface area contributed by atoms with Crippen molar-refractivity contribution in [2.75, 3.05) is 45.3 Å². The third kappa shape index (κ3) is 4.61. The van der Waals surface area contributed by atoms with Crippen LogP contribution in [0.15, 0.2) is 29.3 Å². The number of hydrogen-bond donors (Lipinski definition) is 2. The lowest BCUT2D eigenvalue weighted by Crippen LogP contribution is -2.51. The molecule has 0 aliphatic carbocycles. The van der Waals surface area contributed by atoms with Crippen molar-refractivity contribution in [1.82, 2.24) is 4.90 Å². The summed E-state index contributed by atoms with van der Waals surface area (Å²) in [6, 6.07) is 7.61. The van der Waals surface area contributed by atoms with Crippen molar-refractivity contribution in [2.45, 2.75) is 19.4 Å². The molecule has 6 nitrogen and oxygen atoms in total. The Morgan fingerprint density at radius 3 is 2.82 bits per heavy atom. The van der Waals surface area contributed by atoms with Gasteiger partial charge in [0.2, 0.25) is 0 Å². The third-order valence-corrected chi connectivity index (χ3v) is 3.85. The third-order valence-electron chi connectivity index (χ3n) is 3.85. The van der Waals surface area contributed by atoms with Crippen molar-refractivity contribution in [3.8, 4) is 5.75 Å². The van der Waals surface area contributed by atoms with Crippen LogP contribution in [0.1, 0.15) is 13.8 Å². The van der Waals surface area contributed by atoms with E-state index in [9.17, 15) is 0 Å². The molecule has 0 unspecified atom stereocenters. The zero-order valence-corrected chi connectivity index (χ0v) is 13.6. The molecular weight excluding hydrogens is 280 g/mol. The zero-order valence-electron chi connectivity index (χ0n) is 13.6. The molecule has 1 aliphatic heterocycles. The fourth-order valence-electron chi connectivity index (χ4n) is 2.44. The molecule has 3 N–H and O–H groups in total. The predicted molar refractivity (Wildman–Crippen MR) is 89.6 cm³/mol. The molecule has 1 aromatic carbocycles. The quantitative estimate of drug-likeness (QED) is 0.637. The zero-order chi connectivity index (χ0) is 16.0. The average Bonchev–Trinajstić information content (AvgIpc) is 2.54. The Hall–Kier alpha value is -1.79. The molecule has 2 rings (SSSR count). The van der Waals surface area contributed by atoms with E-state index in [1.54, 1.807) is 7.11 Å². The van der Waals surface area contributed by atoms with Crippen LogP contribution in [0.5, 0.6) is 5.75 Å². The molecule has 0 saturated carbocycles. The van der Waals surface area contributed by atoms with Crippen LogP contribution >= 0.6 is 0 Å². The van der Waals surface area contributed by atoms with Gasteiger partial charge in [-0.1, -0.05) is 6.07 Å². The molecule has 0 aromatic heterocycles. The summed E-state index contributed by atoms with van der Waals surface area (Å²) in [7, 11) is 1.64. The summed E-state index contributed by atoms with van der Waals surface area (Å²) >= 11 is 0. The number of nitrogens with zero attached hydrogens (tertiary/aromatic N) is 2. The Morgan fingerprint density at radius 2 is 2.14 bits per heavy atom. The Kier molecular flexibility index (Phi) is 5.63. The summed E-state index contributed by atoms with van der Waals surface area (Å²) in [6.07, 6.45) is 0. The lowest BCUT2D eigenvalue weighted by Gasteiger charge is -2.39.